The quantitative estimate of drug-likeness (QED) is 0.693. The number of carboxylic acids is 1. The van der Waals surface area contributed by atoms with Crippen molar-refractivity contribution in [1.82, 2.24) is 4.90 Å². The summed E-state index contributed by atoms with van der Waals surface area (Å²) < 4.78 is 0. The number of carboxylic acid groups (broad SMARTS) is 1. The molecular formula is C24H28N2O4. The van der Waals surface area contributed by atoms with Gasteiger partial charge >= 0.3 is 5.97 Å². The van der Waals surface area contributed by atoms with Crippen molar-refractivity contribution in [2.24, 2.45) is 5.73 Å². The first kappa shape index (κ1) is 21.6. The molecule has 1 atom stereocenters. The van der Waals surface area contributed by atoms with E-state index in [-0.39, 0.29) is 24.8 Å². The van der Waals surface area contributed by atoms with Gasteiger partial charge in [0.15, 0.2) is 0 Å². The number of aliphatic carboxylic acids is 1. The molecule has 1 fully saturated rings. The van der Waals surface area contributed by atoms with E-state index in [0.717, 1.165) is 43.2 Å². The number of hydrogen-bond donors (Lipinski definition) is 2. The standard InChI is InChI=1S/C24H28N2O4/c25-22(27)16-15-21(24(29)30)26(20-9-5-2-6-10-20)23(28)19-13-11-18(12-14-19)17-7-3-1-4-8-17/h1,3-4,7-8,11-14,20-21H,2,5-6,9-10,15-16H2,(H2,25,27)(H,29,30)/t21-/m0/s1. The minimum Gasteiger partial charge on any atom is -0.480 e. The van der Waals surface area contributed by atoms with Crippen molar-refractivity contribution in [1.29, 1.82) is 0 Å². The second-order valence-corrected chi connectivity index (χ2v) is 7.81. The smallest absolute Gasteiger partial charge is 0.326 e. The second kappa shape index (κ2) is 10.1. The summed E-state index contributed by atoms with van der Waals surface area (Å²) in [6.45, 7) is 0. The van der Waals surface area contributed by atoms with Gasteiger partial charge in [0.1, 0.15) is 6.04 Å². The van der Waals surface area contributed by atoms with Crippen LogP contribution in [0.1, 0.15) is 55.3 Å². The van der Waals surface area contributed by atoms with E-state index in [9.17, 15) is 19.5 Å². The van der Waals surface area contributed by atoms with E-state index in [0.29, 0.717) is 5.56 Å². The fraction of sp³-hybridized carbons (Fsp3) is 0.375. The number of primary amides is 1. The monoisotopic (exact) mass is 408 g/mol. The van der Waals surface area contributed by atoms with Gasteiger partial charge in [-0.2, -0.15) is 0 Å². The van der Waals surface area contributed by atoms with Crippen LogP contribution in [0.2, 0.25) is 0 Å². The highest BCUT2D eigenvalue weighted by Gasteiger charge is 2.36. The molecule has 30 heavy (non-hydrogen) atoms. The van der Waals surface area contributed by atoms with Gasteiger partial charge in [-0.15, -0.1) is 0 Å². The third-order valence-corrected chi connectivity index (χ3v) is 5.73. The van der Waals surface area contributed by atoms with Crippen LogP contribution in [0.25, 0.3) is 11.1 Å². The Hall–Kier alpha value is -3.15. The van der Waals surface area contributed by atoms with Gasteiger partial charge in [0.25, 0.3) is 5.91 Å². The molecular weight excluding hydrogens is 380 g/mol. The first-order chi connectivity index (χ1) is 14.5. The van der Waals surface area contributed by atoms with E-state index in [1.54, 1.807) is 12.1 Å². The topological polar surface area (TPSA) is 101 Å². The largest absolute Gasteiger partial charge is 0.480 e. The van der Waals surface area contributed by atoms with E-state index < -0.39 is 17.9 Å². The lowest BCUT2D eigenvalue weighted by Crippen LogP contribution is -2.51. The molecule has 3 rings (SSSR count). The van der Waals surface area contributed by atoms with E-state index in [2.05, 4.69) is 0 Å². The average molecular weight is 408 g/mol. The van der Waals surface area contributed by atoms with Gasteiger partial charge in [-0.05, 0) is 42.5 Å². The SMILES string of the molecule is NC(=O)CC[C@@H](C(=O)O)N(C(=O)c1ccc(-c2ccccc2)cc1)C1CCCCC1. The van der Waals surface area contributed by atoms with Gasteiger partial charge in [0.2, 0.25) is 5.91 Å². The van der Waals surface area contributed by atoms with Crippen molar-refractivity contribution in [3.05, 3.63) is 60.2 Å². The number of rotatable bonds is 8. The van der Waals surface area contributed by atoms with Gasteiger partial charge in [0.05, 0.1) is 0 Å². The van der Waals surface area contributed by atoms with Crippen LogP contribution in [0.15, 0.2) is 54.6 Å². The molecule has 0 spiro atoms. The highest BCUT2D eigenvalue weighted by atomic mass is 16.4. The lowest BCUT2D eigenvalue weighted by Gasteiger charge is -2.38. The molecule has 3 N–H and O–H groups in total. The van der Waals surface area contributed by atoms with Crippen LogP contribution in [0.3, 0.4) is 0 Å². The highest BCUT2D eigenvalue weighted by molar-refractivity contribution is 5.97. The summed E-state index contributed by atoms with van der Waals surface area (Å²) in [4.78, 5) is 38.2. The number of nitrogens with zero attached hydrogens (tertiary/aromatic N) is 1. The Labute approximate surface area is 176 Å². The predicted molar refractivity (Wildman–Crippen MR) is 115 cm³/mol. The first-order valence-electron chi connectivity index (χ1n) is 10.5. The third-order valence-electron chi connectivity index (χ3n) is 5.73. The van der Waals surface area contributed by atoms with E-state index in [1.165, 1.54) is 4.90 Å². The molecule has 0 radical (unpaired) electrons. The number of benzene rings is 2. The molecule has 6 heteroatoms. The Balaban J connectivity index is 1.88. The van der Waals surface area contributed by atoms with Crippen LogP contribution in [0, 0.1) is 0 Å². The van der Waals surface area contributed by atoms with E-state index in [4.69, 9.17) is 5.73 Å². The Morgan fingerprint density at radius 2 is 1.53 bits per heavy atom. The van der Waals surface area contributed by atoms with Crippen molar-refractivity contribution in [3.63, 3.8) is 0 Å². The second-order valence-electron chi connectivity index (χ2n) is 7.81. The van der Waals surface area contributed by atoms with Crippen molar-refractivity contribution in [3.8, 4) is 11.1 Å². The Morgan fingerprint density at radius 3 is 2.10 bits per heavy atom. The molecule has 2 aromatic carbocycles. The molecule has 2 amide bonds. The normalized spacial score (nSPS) is 15.3. The fourth-order valence-electron chi connectivity index (χ4n) is 4.17. The van der Waals surface area contributed by atoms with E-state index >= 15 is 0 Å². The molecule has 1 aliphatic carbocycles. The molecule has 0 heterocycles. The van der Waals surface area contributed by atoms with Crippen molar-refractivity contribution in [2.45, 2.75) is 57.0 Å². The van der Waals surface area contributed by atoms with Crippen LogP contribution < -0.4 is 5.73 Å². The molecule has 1 aliphatic rings. The molecule has 0 saturated heterocycles. The van der Waals surface area contributed by atoms with Crippen molar-refractivity contribution in [2.75, 3.05) is 0 Å². The maximum atomic E-state index is 13.4. The first-order valence-corrected chi connectivity index (χ1v) is 10.5. The Kier molecular flexibility index (Phi) is 7.22. The van der Waals surface area contributed by atoms with Crippen LogP contribution in [-0.4, -0.2) is 39.9 Å². The molecule has 158 valence electrons. The van der Waals surface area contributed by atoms with Crippen LogP contribution in [0.5, 0.6) is 0 Å². The maximum Gasteiger partial charge on any atom is 0.326 e. The number of amides is 2. The summed E-state index contributed by atoms with van der Waals surface area (Å²) >= 11 is 0. The van der Waals surface area contributed by atoms with Gasteiger partial charge in [0, 0.05) is 18.0 Å². The number of carbonyl (C=O) groups excluding carboxylic acids is 2. The van der Waals surface area contributed by atoms with Crippen molar-refractivity contribution >= 4 is 17.8 Å². The van der Waals surface area contributed by atoms with Crippen LogP contribution in [-0.2, 0) is 9.59 Å². The van der Waals surface area contributed by atoms with Crippen molar-refractivity contribution < 1.29 is 19.5 Å². The summed E-state index contributed by atoms with van der Waals surface area (Å²) in [7, 11) is 0. The van der Waals surface area contributed by atoms with Crippen LogP contribution >= 0.6 is 0 Å². The zero-order valence-electron chi connectivity index (χ0n) is 17.0. The molecule has 0 unspecified atom stereocenters. The number of hydrogen-bond acceptors (Lipinski definition) is 3. The van der Waals surface area contributed by atoms with E-state index in [1.807, 2.05) is 42.5 Å². The van der Waals surface area contributed by atoms with Gasteiger partial charge in [-0.1, -0.05) is 61.7 Å². The molecule has 0 bridgehead atoms. The summed E-state index contributed by atoms with van der Waals surface area (Å²) in [6, 6.07) is 15.9. The van der Waals surface area contributed by atoms with Gasteiger partial charge in [-0.25, -0.2) is 4.79 Å². The minimum atomic E-state index is -1.10. The number of carbonyl (C=O) groups is 3. The summed E-state index contributed by atoms with van der Waals surface area (Å²) in [5.41, 5.74) is 7.73. The highest BCUT2D eigenvalue weighted by Crippen LogP contribution is 2.28. The number of nitrogens with two attached hydrogens (primary N) is 1. The molecule has 0 aromatic heterocycles. The van der Waals surface area contributed by atoms with Crippen LogP contribution in [0.4, 0.5) is 0 Å². The summed E-state index contributed by atoms with van der Waals surface area (Å²) in [5.74, 6) is -1.97. The summed E-state index contributed by atoms with van der Waals surface area (Å²) in [5, 5.41) is 9.83. The average Bonchev–Trinajstić information content (AvgIpc) is 2.77. The minimum absolute atomic E-state index is 0.0228. The lowest BCUT2D eigenvalue weighted by atomic mass is 9.91. The summed E-state index contributed by atoms with van der Waals surface area (Å²) in [6.07, 6.45) is 4.51. The molecule has 0 aliphatic heterocycles. The molecule has 6 nitrogen and oxygen atoms in total. The van der Waals surface area contributed by atoms with Gasteiger partial charge < -0.3 is 15.7 Å². The lowest BCUT2D eigenvalue weighted by molar-refractivity contribution is -0.143. The fourth-order valence-corrected chi connectivity index (χ4v) is 4.17. The third kappa shape index (κ3) is 5.26. The molecule has 2 aromatic rings. The van der Waals surface area contributed by atoms with Gasteiger partial charge in [-0.3, -0.25) is 9.59 Å². The zero-order valence-corrected chi connectivity index (χ0v) is 17.0. The maximum absolute atomic E-state index is 13.4. The molecule has 1 saturated carbocycles. The predicted octanol–water partition coefficient (Wildman–Crippen LogP) is 3.85. The zero-order chi connectivity index (χ0) is 21.5. The Morgan fingerprint density at radius 1 is 0.933 bits per heavy atom. The Bertz CT molecular complexity index is 874.